The first-order valence-electron chi connectivity index (χ1n) is 9.47. The fourth-order valence-corrected chi connectivity index (χ4v) is 3.07. The average molecular weight is 421 g/mol. The van der Waals surface area contributed by atoms with Crippen molar-refractivity contribution in [3.05, 3.63) is 58.1 Å². The fraction of sp³-hybridized carbons (Fsp3) is 0.200. The molecule has 3 aromatic heterocycles. The lowest BCUT2D eigenvalue weighted by Gasteiger charge is -2.08. The maximum atomic E-state index is 12.7. The normalized spacial score (nSPS) is 10.9. The van der Waals surface area contributed by atoms with E-state index in [4.69, 9.17) is 4.74 Å². The van der Waals surface area contributed by atoms with Crippen LogP contribution in [0.15, 0.2) is 41.3 Å². The van der Waals surface area contributed by atoms with Gasteiger partial charge in [0.25, 0.3) is 5.56 Å². The van der Waals surface area contributed by atoms with E-state index in [2.05, 4.69) is 25.5 Å². The third-order valence-electron chi connectivity index (χ3n) is 4.41. The molecule has 0 aliphatic carbocycles. The minimum Gasteiger partial charge on any atom is -0.459 e. The molecular weight excluding hydrogens is 402 g/mol. The SMILES string of the molecule is CCOC(=O)C(=O)Nc1cc(C)nn1-c1nc2c(cnn2-c2cccc(C)c2)c(=O)[nH]1. The van der Waals surface area contributed by atoms with Gasteiger partial charge in [0.05, 0.1) is 24.2 Å². The number of carbonyl (C=O) groups is 2. The average Bonchev–Trinajstić information content (AvgIpc) is 3.31. The molecule has 0 spiro atoms. The maximum Gasteiger partial charge on any atom is 0.397 e. The molecule has 0 saturated heterocycles. The number of aromatic amines is 1. The van der Waals surface area contributed by atoms with Gasteiger partial charge >= 0.3 is 11.9 Å². The smallest absolute Gasteiger partial charge is 0.397 e. The molecule has 11 heteroatoms. The molecule has 3 heterocycles. The van der Waals surface area contributed by atoms with Crippen LogP contribution in [0.25, 0.3) is 22.7 Å². The van der Waals surface area contributed by atoms with Crippen LogP contribution in [-0.4, -0.2) is 48.0 Å². The summed E-state index contributed by atoms with van der Waals surface area (Å²) in [6.07, 6.45) is 1.44. The molecule has 31 heavy (non-hydrogen) atoms. The monoisotopic (exact) mass is 421 g/mol. The first-order valence-corrected chi connectivity index (χ1v) is 9.47. The number of carbonyl (C=O) groups excluding carboxylic acids is 2. The van der Waals surface area contributed by atoms with Gasteiger partial charge < -0.3 is 10.1 Å². The zero-order valence-electron chi connectivity index (χ0n) is 17.0. The van der Waals surface area contributed by atoms with E-state index in [1.807, 2.05) is 31.2 Å². The number of aryl methyl sites for hydroxylation is 2. The summed E-state index contributed by atoms with van der Waals surface area (Å²) in [6, 6.07) is 9.14. The molecule has 11 nitrogen and oxygen atoms in total. The Morgan fingerprint density at radius 2 is 2.00 bits per heavy atom. The highest BCUT2D eigenvalue weighted by molar-refractivity contribution is 6.37. The second kappa shape index (κ2) is 7.86. The number of H-pyrrole nitrogens is 1. The molecular formula is C20H19N7O4. The molecule has 1 aromatic carbocycles. The molecule has 4 rings (SSSR count). The molecule has 2 N–H and O–H groups in total. The van der Waals surface area contributed by atoms with Gasteiger partial charge in [0, 0.05) is 6.07 Å². The van der Waals surface area contributed by atoms with E-state index in [1.54, 1.807) is 24.6 Å². The highest BCUT2D eigenvalue weighted by Crippen LogP contribution is 2.18. The number of nitrogens with zero attached hydrogens (tertiary/aromatic N) is 5. The Morgan fingerprint density at radius 3 is 2.74 bits per heavy atom. The minimum absolute atomic E-state index is 0.0548. The summed E-state index contributed by atoms with van der Waals surface area (Å²) in [5.74, 6) is -1.78. The zero-order chi connectivity index (χ0) is 22.1. The van der Waals surface area contributed by atoms with Gasteiger partial charge in [0.1, 0.15) is 11.2 Å². The van der Waals surface area contributed by atoms with Crippen LogP contribution in [0, 0.1) is 13.8 Å². The molecule has 0 unspecified atom stereocenters. The highest BCUT2D eigenvalue weighted by atomic mass is 16.5. The molecule has 0 saturated carbocycles. The number of amides is 1. The lowest BCUT2D eigenvalue weighted by Crippen LogP contribution is -2.26. The second-order valence-electron chi connectivity index (χ2n) is 6.78. The first-order chi connectivity index (χ1) is 14.9. The molecule has 1 amide bonds. The summed E-state index contributed by atoms with van der Waals surface area (Å²) in [6.45, 7) is 5.32. The van der Waals surface area contributed by atoms with Crippen molar-refractivity contribution in [3.8, 4) is 11.6 Å². The summed E-state index contributed by atoms with van der Waals surface area (Å²) in [5, 5.41) is 11.3. The number of ether oxygens (including phenoxy) is 1. The van der Waals surface area contributed by atoms with Gasteiger partial charge in [0.15, 0.2) is 5.65 Å². The van der Waals surface area contributed by atoms with Crippen LogP contribution in [0.5, 0.6) is 0 Å². The van der Waals surface area contributed by atoms with Crippen LogP contribution in [0.2, 0.25) is 0 Å². The molecule has 0 bridgehead atoms. The van der Waals surface area contributed by atoms with E-state index in [0.717, 1.165) is 11.3 Å². The van der Waals surface area contributed by atoms with Crippen molar-refractivity contribution in [1.82, 2.24) is 29.5 Å². The van der Waals surface area contributed by atoms with Crippen LogP contribution < -0.4 is 10.9 Å². The predicted octanol–water partition coefficient (Wildman–Crippen LogP) is 1.41. The number of hydrogen-bond donors (Lipinski definition) is 2. The largest absolute Gasteiger partial charge is 0.459 e. The number of esters is 1. The summed E-state index contributed by atoms with van der Waals surface area (Å²) in [4.78, 5) is 43.6. The van der Waals surface area contributed by atoms with Crippen LogP contribution in [0.4, 0.5) is 5.82 Å². The van der Waals surface area contributed by atoms with Crippen LogP contribution in [0.3, 0.4) is 0 Å². The summed E-state index contributed by atoms with van der Waals surface area (Å²) >= 11 is 0. The van der Waals surface area contributed by atoms with E-state index < -0.39 is 17.4 Å². The van der Waals surface area contributed by atoms with E-state index >= 15 is 0 Å². The number of aromatic nitrogens is 6. The van der Waals surface area contributed by atoms with Crippen molar-refractivity contribution < 1.29 is 14.3 Å². The Morgan fingerprint density at radius 1 is 1.19 bits per heavy atom. The van der Waals surface area contributed by atoms with E-state index in [9.17, 15) is 14.4 Å². The molecule has 0 aliphatic rings. The number of benzene rings is 1. The lowest BCUT2D eigenvalue weighted by molar-refractivity contribution is -0.152. The number of nitrogens with one attached hydrogen (secondary N) is 2. The van der Waals surface area contributed by atoms with Gasteiger partial charge in [-0.2, -0.15) is 19.9 Å². The van der Waals surface area contributed by atoms with E-state index in [0.29, 0.717) is 16.7 Å². The van der Waals surface area contributed by atoms with Crippen molar-refractivity contribution in [1.29, 1.82) is 0 Å². The zero-order valence-corrected chi connectivity index (χ0v) is 17.0. The highest BCUT2D eigenvalue weighted by Gasteiger charge is 2.20. The predicted molar refractivity (Wildman–Crippen MR) is 111 cm³/mol. The summed E-state index contributed by atoms with van der Waals surface area (Å²) < 4.78 is 7.49. The summed E-state index contributed by atoms with van der Waals surface area (Å²) in [7, 11) is 0. The molecule has 0 fully saturated rings. The Balaban J connectivity index is 1.81. The number of anilines is 1. The van der Waals surface area contributed by atoms with E-state index in [-0.39, 0.29) is 18.4 Å². The Kier molecular flexibility index (Phi) is 5.07. The molecule has 4 aromatic rings. The molecule has 0 atom stereocenters. The quantitative estimate of drug-likeness (QED) is 0.375. The molecule has 0 radical (unpaired) electrons. The topological polar surface area (TPSA) is 137 Å². The van der Waals surface area contributed by atoms with Gasteiger partial charge in [0.2, 0.25) is 5.95 Å². The summed E-state index contributed by atoms with van der Waals surface area (Å²) in [5.41, 5.74) is 2.20. The number of rotatable bonds is 4. The molecule has 0 aliphatic heterocycles. The third kappa shape index (κ3) is 3.80. The standard InChI is InChI=1S/C20H19N7O4/c1-4-31-19(30)18(29)22-15-9-12(3)25-27(15)20-23-16-14(17(28)24-20)10-21-26(16)13-7-5-6-11(2)8-13/h5-10H,4H2,1-3H3,(H,22,29)(H,23,24,28). The Bertz CT molecular complexity index is 1370. The Hall–Kier alpha value is -4.28. The van der Waals surface area contributed by atoms with Gasteiger partial charge in [-0.05, 0) is 38.5 Å². The van der Waals surface area contributed by atoms with Gasteiger partial charge in [-0.25, -0.2) is 9.48 Å². The van der Waals surface area contributed by atoms with E-state index in [1.165, 1.54) is 10.9 Å². The van der Waals surface area contributed by atoms with Crippen LogP contribution in [-0.2, 0) is 14.3 Å². The van der Waals surface area contributed by atoms with Crippen molar-refractivity contribution >= 4 is 28.7 Å². The first kappa shape index (κ1) is 20.0. The Labute approximate surface area is 175 Å². The second-order valence-corrected chi connectivity index (χ2v) is 6.78. The number of hydrogen-bond acceptors (Lipinski definition) is 7. The van der Waals surface area contributed by atoms with Crippen molar-refractivity contribution in [2.24, 2.45) is 0 Å². The van der Waals surface area contributed by atoms with Gasteiger partial charge in [-0.15, -0.1) is 0 Å². The third-order valence-corrected chi connectivity index (χ3v) is 4.41. The van der Waals surface area contributed by atoms with Gasteiger partial charge in [-0.3, -0.25) is 14.6 Å². The maximum absolute atomic E-state index is 12.7. The molecule has 158 valence electrons. The van der Waals surface area contributed by atoms with Crippen LogP contribution in [0.1, 0.15) is 18.2 Å². The minimum atomic E-state index is -1.03. The van der Waals surface area contributed by atoms with Crippen molar-refractivity contribution in [2.75, 3.05) is 11.9 Å². The van der Waals surface area contributed by atoms with Gasteiger partial charge in [-0.1, -0.05) is 12.1 Å². The number of fused-ring (bicyclic) bond motifs is 1. The fourth-order valence-electron chi connectivity index (χ4n) is 3.07. The van der Waals surface area contributed by atoms with Crippen LogP contribution >= 0.6 is 0 Å². The van der Waals surface area contributed by atoms with Crippen molar-refractivity contribution in [3.63, 3.8) is 0 Å². The van der Waals surface area contributed by atoms with Crippen molar-refractivity contribution in [2.45, 2.75) is 20.8 Å². The lowest BCUT2D eigenvalue weighted by atomic mass is 10.2.